The maximum Gasteiger partial charge on any atom is 0.266 e. The van der Waals surface area contributed by atoms with Crippen LogP contribution in [0.2, 0.25) is 0 Å². The smallest absolute Gasteiger partial charge is 0.266 e. The quantitative estimate of drug-likeness (QED) is 0.195. The van der Waals surface area contributed by atoms with Crippen LogP contribution in [0.1, 0.15) is 22.3 Å². The van der Waals surface area contributed by atoms with Gasteiger partial charge in [0.1, 0.15) is 11.6 Å². The molecule has 0 bridgehead atoms. The van der Waals surface area contributed by atoms with Gasteiger partial charge in [0.2, 0.25) is 0 Å². The number of nitrogens with one attached hydrogen (secondary N) is 2. The number of carbonyl (C=O) groups excluding carboxylic acids is 2. The first kappa shape index (κ1) is 26.8. The Hall–Kier alpha value is -3.84. The summed E-state index contributed by atoms with van der Waals surface area (Å²) >= 11 is 2.06. The molecular formula is C28H26IN3O4. The maximum absolute atomic E-state index is 12.6. The third-order valence-corrected chi connectivity index (χ3v) is 6.01. The van der Waals surface area contributed by atoms with E-state index in [1.807, 2.05) is 63.2 Å². The molecular weight excluding hydrogens is 569 g/mol. The van der Waals surface area contributed by atoms with Gasteiger partial charge in [0.15, 0.2) is 18.1 Å². The predicted octanol–water partition coefficient (Wildman–Crippen LogP) is 5.79. The number of hydrogen-bond donors (Lipinski definition) is 2. The van der Waals surface area contributed by atoms with Crippen LogP contribution in [0, 0.1) is 35.7 Å². The molecule has 2 amide bonds. The largest absolute Gasteiger partial charge is 0.493 e. The van der Waals surface area contributed by atoms with Crippen LogP contribution in [0.3, 0.4) is 0 Å². The van der Waals surface area contributed by atoms with Gasteiger partial charge in [-0.05, 0) is 96.5 Å². The van der Waals surface area contributed by atoms with Crippen molar-refractivity contribution >= 4 is 51.9 Å². The summed E-state index contributed by atoms with van der Waals surface area (Å²) in [6.07, 6.45) is 1.48. The first-order valence-electron chi connectivity index (χ1n) is 11.1. The lowest BCUT2D eigenvalue weighted by Gasteiger charge is -2.14. The minimum atomic E-state index is -0.513. The highest BCUT2D eigenvalue weighted by Crippen LogP contribution is 2.34. The Bertz CT molecular complexity index is 1380. The van der Waals surface area contributed by atoms with Crippen LogP contribution in [-0.2, 0) is 9.59 Å². The second-order valence-corrected chi connectivity index (χ2v) is 9.34. The van der Waals surface area contributed by atoms with Gasteiger partial charge >= 0.3 is 0 Å². The van der Waals surface area contributed by atoms with Crippen LogP contribution in [0.5, 0.6) is 11.5 Å². The number of nitriles is 1. The third kappa shape index (κ3) is 7.09. The van der Waals surface area contributed by atoms with Crippen LogP contribution < -0.4 is 20.1 Å². The Morgan fingerprint density at radius 2 is 1.78 bits per heavy atom. The molecule has 0 aromatic heterocycles. The van der Waals surface area contributed by atoms with Crippen molar-refractivity contribution in [3.63, 3.8) is 0 Å². The van der Waals surface area contributed by atoms with E-state index in [4.69, 9.17) is 9.47 Å². The lowest BCUT2D eigenvalue weighted by Crippen LogP contribution is -2.21. The van der Waals surface area contributed by atoms with Crippen molar-refractivity contribution in [2.45, 2.75) is 20.8 Å². The standard InChI is InChI=1S/C28H26IN3O4/c1-17-6-5-7-22(11-17)31-28(34)21(15-30)12-20-13-23(29)27(25(14-20)35-4)36-16-26(33)32-24-9-8-18(2)10-19(24)3/h5-14H,16H2,1-4H3,(H,31,34)(H,32,33)/b21-12+. The maximum atomic E-state index is 12.6. The number of hydrogen-bond acceptors (Lipinski definition) is 5. The molecule has 0 heterocycles. The van der Waals surface area contributed by atoms with Crippen molar-refractivity contribution in [3.05, 3.63) is 86.0 Å². The molecule has 0 aliphatic heterocycles. The fourth-order valence-electron chi connectivity index (χ4n) is 3.48. The molecule has 0 fully saturated rings. The van der Waals surface area contributed by atoms with Crippen LogP contribution >= 0.6 is 22.6 Å². The summed E-state index contributed by atoms with van der Waals surface area (Å²) < 4.78 is 11.9. The van der Waals surface area contributed by atoms with E-state index < -0.39 is 5.91 Å². The van der Waals surface area contributed by atoms with E-state index in [1.165, 1.54) is 13.2 Å². The third-order valence-electron chi connectivity index (χ3n) is 5.21. The van der Waals surface area contributed by atoms with Gasteiger partial charge in [0, 0.05) is 11.4 Å². The molecule has 7 nitrogen and oxygen atoms in total. The van der Waals surface area contributed by atoms with Gasteiger partial charge in [0.05, 0.1) is 10.7 Å². The summed E-state index contributed by atoms with van der Waals surface area (Å²) in [5, 5.41) is 15.1. The first-order chi connectivity index (χ1) is 17.2. The highest BCUT2D eigenvalue weighted by Gasteiger charge is 2.16. The van der Waals surface area contributed by atoms with Crippen molar-refractivity contribution in [1.29, 1.82) is 5.26 Å². The van der Waals surface area contributed by atoms with Gasteiger partial charge in [-0.3, -0.25) is 9.59 Å². The van der Waals surface area contributed by atoms with Crippen LogP contribution in [0.4, 0.5) is 11.4 Å². The number of nitrogens with zero attached hydrogens (tertiary/aromatic N) is 1. The number of halogens is 1. The lowest BCUT2D eigenvalue weighted by atomic mass is 10.1. The molecule has 0 spiro atoms. The van der Waals surface area contributed by atoms with Gasteiger partial charge in [-0.2, -0.15) is 5.26 Å². The Labute approximate surface area is 224 Å². The molecule has 2 N–H and O–H groups in total. The molecule has 8 heteroatoms. The van der Waals surface area contributed by atoms with Crippen molar-refractivity contribution in [1.82, 2.24) is 0 Å². The summed E-state index contributed by atoms with van der Waals surface area (Å²) in [5.41, 5.74) is 4.93. The Morgan fingerprint density at radius 3 is 2.44 bits per heavy atom. The number of amides is 2. The van der Waals surface area contributed by atoms with E-state index in [0.717, 1.165) is 22.4 Å². The SMILES string of the molecule is COc1cc(/C=C(\C#N)C(=O)Nc2cccc(C)c2)cc(I)c1OCC(=O)Nc1ccc(C)cc1C. The van der Waals surface area contributed by atoms with Gasteiger partial charge in [-0.1, -0.05) is 29.8 Å². The normalized spacial score (nSPS) is 10.8. The average Bonchev–Trinajstić information content (AvgIpc) is 2.83. The summed E-state index contributed by atoms with van der Waals surface area (Å²) in [5.74, 6) is -0.0403. The van der Waals surface area contributed by atoms with E-state index in [-0.39, 0.29) is 18.1 Å². The topological polar surface area (TPSA) is 100 Å². The number of rotatable bonds is 8. The zero-order chi connectivity index (χ0) is 26.2. The highest BCUT2D eigenvalue weighted by molar-refractivity contribution is 14.1. The molecule has 0 radical (unpaired) electrons. The minimum Gasteiger partial charge on any atom is -0.493 e. The van der Waals surface area contributed by atoms with E-state index in [1.54, 1.807) is 18.2 Å². The van der Waals surface area contributed by atoms with Crippen molar-refractivity contribution in [2.24, 2.45) is 0 Å². The van der Waals surface area contributed by atoms with Crippen LogP contribution in [0.25, 0.3) is 6.08 Å². The molecule has 0 aliphatic carbocycles. The number of aryl methyl sites for hydroxylation is 3. The van der Waals surface area contributed by atoms with E-state index in [0.29, 0.717) is 26.3 Å². The fourth-order valence-corrected chi connectivity index (χ4v) is 4.26. The predicted molar refractivity (Wildman–Crippen MR) is 149 cm³/mol. The fraction of sp³-hybridized carbons (Fsp3) is 0.179. The molecule has 184 valence electrons. The summed E-state index contributed by atoms with van der Waals surface area (Å²) in [6.45, 7) is 5.63. The zero-order valence-corrected chi connectivity index (χ0v) is 22.6. The monoisotopic (exact) mass is 595 g/mol. The van der Waals surface area contributed by atoms with E-state index in [2.05, 4.69) is 33.2 Å². The Morgan fingerprint density at radius 1 is 1.03 bits per heavy atom. The molecule has 3 aromatic carbocycles. The highest BCUT2D eigenvalue weighted by atomic mass is 127. The van der Waals surface area contributed by atoms with Crippen LogP contribution in [-0.4, -0.2) is 25.5 Å². The van der Waals surface area contributed by atoms with Crippen molar-refractivity contribution in [2.75, 3.05) is 24.4 Å². The second kappa shape index (κ2) is 12.2. The molecule has 36 heavy (non-hydrogen) atoms. The second-order valence-electron chi connectivity index (χ2n) is 8.18. The van der Waals surface area contributed by atoms with Gasteiger partial charge < -0.3 is 20.1 Å². The minimum absolute atomic E-state index is 0.0594. The number of methoxy groups -OCH3 is 1. The number of ether oxygens (including phenoxy) is 2. The Balaban J connectivity index is 1.74. The van der Waals surface area contributed by atoms with Gasteiger partial charge in [-0.15, -0.1) is 0 Å². The molecule has 3 rings (SSSR count). The number of anilines is 2. The molecule has 0 saturated carbocycles. The lowest BCUT2D eigenvalue weighted by molar-refractivity contribution is -0.118. The van der Waals surface area contributed by atoms with E-state index in [9.17, 15) is 14.9 Å². The van der Waals surface area contributed by atoms with Crippen molar-refractivity contribution < 1.29 is 19.1 Å². The number of benzene rings is 3. The first-order valence-corrected chi connectivity index (χ1v) is 12.1. The van der Waals surface area contributed by atoms with Gasteiger partial charge in [0.25, 0.3) is 11.8 Å². The molecule has 0 aliphatic rings. The molecule has 3 aromatic rings. The molecule has 0 saturated heterocycles. The molecule has 0 atom stereocenters. The molecule has 0 unspecified atom stereocenters. The zero-order valence-electron chi connectivity index (χ0n) is 20.4. The van der Waals surface area contributed by atoms with Crippen molar-refractivity contribution in [3.8, 4) is 17.6 Å². The van der Waals surface area contributed by atoms with Crippen LogP contribution in [0.15, 0.2) is 60.2 Å². The van der Waals surface area contributed by atoms with E-state index >= 15 is 0 Å². The summed E-state index contributed by atoms with van der Waals surface area (Å²) in [6, 6.07) is 18.4. The summed E-state index contributed by atoms with van der Waals surface area (Å²) in [4.78, 5) is 25.1. The average molecular weight is 595 g/mol. The summed E-state index contributed by atoms with van der Waals surface area (Å²) in [7, 11) is 1.48. The number of carbonyl (C=O) groups is 2. The van der Waals surface area contributed by atoms with Gasteiger partial charge in [-0.25, -0.2) is 0 Å². The Kier molecular flexibility index (Phi) is 9.08.